The summed E-state index contributed by atoms with van der Waals surface area (Å²) in [4.78, 5) is 0. The van der Waals surface area contributed by atoms with Crippen molar-refractivity contribution in [2.45, 2.75) is 38.2 Å². The van der Waals surface area contributed by atoms with Crippen LogP contribution in [-0.4, -0.2) is 51.5 Å². The van der Waals surface area contributed by atoms with Crippen LogP contribution in [0.5, 0.6) is 0 Å². The highest BCUT2D eigenvalue weighted by Gasteiger charge is 2.12. The number of hydrogen-bond donors (Lipinski definition) is 6. The van der Waals surface area contributed by atoms with Crippen molar-refractivity contribution in [3.05, 3.63) is 34.9 Å². The maximum Gasteiger partial charge on any atom is 0.451 e. The van der Waals surface area contributed by atoms with Crippen LogP contribution in [0.3, 0.4) is 0 Å². The lowest BCUT2D eigenvalue weighted by atomic mass is 9.79. The quantitative estimate of drug-likeness (QED) is 0.316. The summed E-state index contributed by atoms with van der Waals surface area (Å²) in [5.74, 6) is 0. The first-order valence-corrected chi connectivity index (χ1v) is 7.07. The summed E-state index contributed by atoms with van der Waals surface area (Å²) in [6, 6.07) is 5.68. The Bertz CT molecular complexity index is 353. The maximum atomic E-state index is 8.93. The largest absolute Gasteiger partial charge is 0.451 e. The monoisotopic (exact) mass is 294 g/mol. The van der Waals surface area contributed by atoms with Crippen molar-refractivity contribution < 1.29 is 30.1 Å². The van der Waals surface area contributed by atoms with Gasteiger partial charge in [0.1, 0.15) is 0 Å². The van der Waals surface area contributed by atoms with Crippen molar-refractivity contribution in [3.8, 4) is 0 Å². The van der Waals surface area contributed by atoms with Crippen LogP contribution in [0.4, 0.5) is 0 Å². The van der Waals surface area contributed by atoms with Gasteiger partial charge in [0.05, 0.1) is 0 Å². The summed E-state index contributed by atoms with van der Waals surface area (Å²) in [5.41, 5.74) is 2.74. The Morgan fingerprint density at radius 3 is 0.952 bits per heavy atom. The molecule has 9 heteroatoms. The van der Waals surface area contributed by atoms with Crippen molar-refractivity contribution in [1.29, 1.82) is 0 Å². The molecule has 0 aliphatic carbocycles. The lowest BCUT2D eigenvalue weighted by molar-refractivity contribution is 0.404. The lowest BCUT2D eigenvalue weighted by Gasteiger charge is -2.10. The Kier molecular flexibility index (Phi) is 8.02. The molecule has 21 heavy (non-hydrogen) atoms. The smallest absolute Gasteiger partial charge is 0.427 e. The molecule has 0 aliphatic heterocycles. The number of benzene rings is 1. The average Bonchev–Trinajstić information content (AvgIpc) is 2.40. The van der Waals surface area contributed by atoms with Gasteiger partial charge in [0.2, 0.25) is 0 Å². The van der Waals surface area contributed by atoms with Gasteiger partial charge in [0.25, 0.3) is 0 Å². The minimum atomic E-state index is -1.37. The highest BCUT2D eigenvalue weighted by Crippen LogP contribution is 2.17. The molecule has 0 unspecified atom stereocenters. The van der Waals surface area contributed by atoms with E-state index in [1.807, 2.05) is 18.2 Å². The van der Waals surface area contributed by atoms with Gasteiger partial charge in [-0.2, -0.15) is 0 Å². The van der Waals surface area contributed by atoms with E-state index in [9.17, 15) is 0 Å². The van der Waals surface area contributed by atoms with Crippen molar-refractivity contribution in [2.75, 3.05) is 0 Å². The first-order valence-electron chi connectivity index (χ1n) is 7.07. The van der Waals surface area contributed by atoms with Crippen molar-refractivity contribution in [1.82, 2.24) is 0 Å². The summed E-state index contributed by atoms with van der Waals surface area (Å²) in [6.45, 7) is 0. The molecule has 6 nitrogen and oxygen atoms in total. The van der Waals surface area contributed by atoms with Crippen LogP contribution in [0, 0.1) is 0 Å². The highest BCUT2D eigenvalue weighted by molar-refractivity contribution is 6.41. The fraction of sp³-hybridized carbons (Fsp3) is 0.500. The van der Waals surface area contributed by atoms with E-state index in [1.165, 1.54) is 0 Å². The Morgan fingerprint density at radius 2 is 0.762 bits per heavy atom. The van der Waals surface area contributed by atoms with E-state index in [0.717, 1.165) is 16.7 Å². The molecule has 0 atom stereocenters. The van der Waals surface area contributed by atoms with Crippen LogP contribution in [0.15, 0.2) is 18.2 Å². The molecule has 0 radical (unpaired) electrons. The van der Waals surface area contributed by atoms with Gasteiger partial charge in [-0.3, -0.25) is 0 Å². The van der Waals surface area contributed by atoms with Crippen molar-refractivity contribution in [3.63, 3.8) is 0 Å². The van der Waals surface area contributed by atoms with Crippen LogP contribution < -0.4 is 0 Å². The number of hydrogen-bond acceptors (Lipinski definition) is 6. The van der Waals surface area contributed by atoms with E-state index < -0.39 is 21.4 Å². The Balaban J connectivity index is 2.79. The van der Waals surface area contributed by atoms with Gasteiger partial charge in [-0.05, 0) is 54.9 Å². The minimum Gasteiger partial charge on any atom is -0.427 e. The molecule has 0 fully saturated rings. The lowest BCUT2D eigenvalue weighted by Crippen LogP contribution is -2.13. The first-order chi connectivity index (χ1) is 9.86. The van der Waals surface area contributed by atoms with Gasteiger partial charge in [-0.1, -0.05) is 18.2 Å². The average molecular weight is 294 g/mol. The van der Waals surface area contributed by atoms with E-state index in [4.69, 9.17) is 30.1 Å². The third kappa shape index (κ3) is 8.26. The van der Waals surface area contributed by atoms with Crippen molar-refractivity contribution >= 4 is 21.4 Å². The molecule has 1 rings (SSSR count). The van der Waals surface area contributed by atoms with E-state index >= 15 is 0 Å². The van der Waals surface area contributed by atoms with Crippen LogP contribution in [-0.2, 0) is 19.3 Å². The zero-order valence-corrected chi connectivity index (χ0v) is 11.9. The molecule has 0 amide bonds. The minimum absolute atomic E-state index is 0.216. The number of rotatable bonds is 9. The molecular formula is C12H21B3O6. The van der Waals surface area contributed by atoms with Gasteiger partial charge >= 0.3 is 21.4 Å². The molecule has 0 spiro atoms. The topological polar surface area (TPSA) is 121 Å². The summed E-state index contributed by atoms with van der Waals surface area (Å²) in [7, 11) is -4.10. The zero-order valence-electron chi connectivity index (χ0n) is 11.9. The second-order valence-corrected chi connectivity index (χ2v) is 5.22. The fourth-order valence-corrected chi connectivity index (χ4v) is 2.16. The van der Waals surface area contributed by atoms with Gasteiger partial charge < -0.3 is 30.1 Å². The molecule has 0 bridgehead atoms. The Morgan fingerprint density at radius 1 is 0.524 bits per heavy atom. The van der Waals surface area contributed by atoms with Crippen molar-refractivity contribution in [2.24, 2.45) is 0 Å². The second-order valence-electron chi connectivity index (χ2n) is 5.22. The van der Waals surface area contributed by atoms with Crippen LogP contribution in [0.1, 0.15) is 16.7 Å². The highest BCUT2D eigenvalue weighted by atomic mass is 16.4. The molecule has 0 saturated carbocycles. The first kappa shape index (κ1) is 18.2. The van der Waals surface area contributed by atoms with Crippen LogP contribution in [0.25, 0.3) is 0 Å². The van der Waals surface area contributed by atoms with E-state index in [-0.39, 0.29) is 19.0 Å². The predicted molar refractivity (Wildman–Crippen MR) is 82.5 cm³/mol. The predicted octanol–water partition coefficient (Wildman–Crippen LogP) is -1.27. The SMILES string of the molecule is OB(O)CCc1cc(CCB(O)O)cc(CCB(O)O)c1. The standard InChI is InChI=1S/C12H21B3O6/c16-13(17)4-1-10-7-11(2-5-14(18)19)9-12(8-10)3-6-15(20)21/h7-9,16-21H,1-6H2. The summed E-state index contributed by atoms with van der Waals surface area (Å²) in [6.07, 6.45) is 2.11. The molecule has 0 heterocycles. The van der Waals surface area contributed by atoms with E-state index in [0.29, 0.717) is 19.3 Å². The summed E-state index contributed by atoms with van der Waals surface area (Å²) in [5, 5.41) is 53.6. The van der Waals surface area contributed by atoms with Crippen LogP contribution in [0.2, 0.25) is 19.0 Å². The number of aryl methyl sites for hydroxylation is 3. The van der Waals surface area contributed by atoms with Crippen LogP contribution >= 0.6 is 0 Å². The van der Waals surface area contributed by atoms with Gasteiger partial charge in [0.15, 0.2) is 0 Å². The van der Waals surface area contributed by atoms with E-state index in [1.54, 1.807) is 0 Å². The molecule has 114 valence electrons. The molecular weight excluding hydrogens is 273 g/mol. The van der Waals surface area contributed by atoms with Gasteiger partial charge in [-0.25, -0.2) is 0 Å². The summed E-state index contributed by atoms with van der Waals surface area (Å²) >= 11 is 0. The fourth-order valence-electron chi connectivity index (χ4n) is 2.16. The third-order valence-electron chi connectivity index (χ3n) is 3.19. The zero-order chi connectivity index (χ0) is 15.8. The molecule has 1 aromatic rings. The summed E-state index contributed by atoms with van der Waals surface area (Å²) < 4.78 is 0. The molecule has 0 saturated heterocycles. The van der Waals surface area contributed by atoms with Gasteiger partial charge in [-0.15, -0.1) is 0 Å². The molecule has 0 aromatic heterocycles. The van der Waals surface area contributed by atoms with Gasteiger partial charge in [0, 0.05) is 0 Å². The Labute approximate surface area is 125 Å². The molecule has 0 aliphatic rings. The molecule has 6 N–H and O–H groups in total. The second kappa shape index (κ2) is 9.24. The van der Waals surface area contributed by atoms with E-state index in [2.05, 4.69) is 0 Å². The maximum absolute atomic E-state index is 8.93. The Hall–Kier alpha value is -0.825. The molecule has 1 aromatic carbocycles. The normalized spacial score (nSPS) is 10.6. The third-order valence-corrected chi connectivity index (χ3v) is 3.19.